The van der Waals surface area contributed by atoms with Crippen LogP contribution < -0.4 is 14.9 Å². The average Bonchev–Trinajstić information content (AvgIpc) is 2.90. The quantitative estimate of drug-likeness (QED) is 0.719. The third-order valence-corrected chi connectivity index (χ3v) is 5.73. The molecule has 2 atom stereocenters. The molecule has 1 aromatic rings. The molecule has 0 radical (unpaired) electrons. The SMILES string of the molecule is CCC[C@@H]1CN(c2nccc(NCC)n2)C[C@H]1NS(=O)(=O)N(C)C. The topological polar surface area (TPSA) is 90.5 Å². The first-order valence-corrected chi connectivity index (χ1v) is 9.83. The molecule has 2 rings (SSSR count). The minimum absolute atomic E-state index is 0.135. The van der Waals surface area contributed by atoms with Crippen LogP contribution in [0.3, 0.4) is 0 Å². The molecule has 8 nitrogen and oxygen atoms in total. The zero-order chi connectivity index (χ0) is 17.7. The van der Waals surface area contributed by atoms with Crippen molar-refractivity contribution in [3.63, 3.8) is 0 Å². The molecule has 1 aliphatic heterocycles. The van der Waals surface area contributed by atoms with E-state index in [0.717, 1.165) is 31.7 Å². The lowest BCUT2D eigenvalue weighted by atomic mass is 9.99. The fourth-order valence-corrected chi connectivity index (χ4v) is 3.77. The molecule has 0 unspecified atom stereocenters. The first-order valence-electron chi connectivity index (χ1n) is 8.39. The van der Waals surface area contributed by atoms with Crippen molar-refractivity contribution in [1.82, 2.24) is 19.0 Å². The van der Waals surface area contributed by atoms with Crippen LogP contribution in [0.25, 0.3) is 0 Å². The predicted octanol–water partition coefficient (Wildman–Crippen LogP) is 0.909. The second kappa shape index (κ2) is 8.09. The van der Waals surface area contributed by atoms with Crippen molar-refractivity contribution in [2.75, 3.05) is 43.9 Å². The van der Waals surface area contributed by atoms with Crippen LogP contribution in [-0.2, 0) is 10.2 Å². The van der Waals surface area contributed by atoms with E-state index < -0.39 is 10.2 Å². The Morgan fingerprint density at radius 1 is 1.33 bits per heavy atom. The summed E-state index contributed by atoms with van der Waals surface area (Å²) < 4.78 is 28.4. The number of aromatic nitrogens is 2. The molecule has 0 amide bonds. The highest BCUT2D eigenvalue weighted by Crippen LogP contribution is 2.26. The van der Waals surface area contributed by atoms with Gasteiger partial charge in [-0.1, -0.05) is 13.3 Å². The zero-order valence-corrected chi connectivity index (χ0v) is 15.7. The maximum atomic E-state index is 12.2. The van der Waals surface area contributed by atoms with Crippen LogP contribution in [0.4, 0.5) is 11.8 Å². The number of anilines is 2. The number of hydrogen-bond acceptors (Lipinski definition) is 6. The Morgan fingerprint density at radius 3 is 2.71 bits per heavy atom. The molecule has 0 aromatic carbocycles. The molecule has 1 aliphatic rings. The Labute approximate surface area is 144 Å². The molecule has 136 valence electrons. The van der Waals surface area contributed by atoms with Gasteiger partial charge in [0.25, 0.3) is 10.2 Å². The molecule has 0 aliphatic carbocycles. The fraction of sp³-hybridized carbons (Fsp3) is 0.733. The molecule has 9 heteroatoms. The molecule has 1 aromatic heterocycles. The van der Waals surface area contributed by atoms with Gasteiger partial charge >= 0.3 is 0 Å². The number of nitrogens with zero attached hydrogens (tertiary/aromatic N) is 4. The lowest BCUT2D eigenvalue weighted by molar-refractivity contribution is 0.424. The Bertz CT molecular complexity index is 637. The van der Waals surface area contributed by atoms with Crippen molar-refractivity contribution < 1.29 is 8.42 Å². The summed E-state index contributed by atoms with van der Waals surface area (Å²) in [7, 11) is -0.383. The largest absolute Gasteiger partial charge is 0.370 e. The maximum absolute atomic E-state index is 12.2. The summed E-state index contributed by atoms with van der Waals surface area (Å²) in [5.41, 5.74) is 0. The Morgan fingerprint density at radius 2 is 2.08 bits per heavy atom. The second-order valence-electron chi connectivity index (χ2n) is 6.24. The van der Waals surface area contributed by atoms with Gasteiger partial charge in [0.2, 0.25) is 5.95 Å². The molecule has 1 saturated heterocycles. The van der Waals surface area contributed by atoms with Gasteiger partial charge in [-0.3, -0.25) is 0 Å². The molecule has 24 heavy (non-hydrogen) atoms. The minimum atomic E-state index is -3.45. The number of hydrogen-bond donors (Lipinski definition) is 2. The molecule has 0 bridgehead atoms. The smallest absolute Gasteiger partial charge is 0.279 e. The lowest BCUT2D eigenvalue weighted by Crippen LogP contribution is -2.45. The third kappa shape index (κ3) is 4.55. The van der Waals surface area contributed by atoms with E-state index in [1.54, 1.807) is 6.20 Å². The van der Waals surface area contributed by atoms with Gasteiger partial charge < -0.3 is 10.2 Å². The van der Waals surface area contributed by atoms with Crippen LogP contribution in [0.5, 0.6) is 0 Å². The Kier molecular flexibility index (Phi) is 6.36. The van der Waals surface area contributed by atoms with Crippen LogP contribution in [-0.4, -0.2) is 62.5 Å². The van der Waals surface area contributed by atoms with Crippen molar-refractivity contribution in [3.05, 3.63) is 12.3 Å². The summed E-state index contributed by atoms with van der Waals surface area (Å²) in [6.07, 6.45) is 3.70. The molecular weight excluding hydrogens is 328 g/mol. The first kappa shape index (κ1) is 18.9. The fourth-order valence-electron chi connectivity index (χ4n) is 2.91. The summed E-state index contributed by atoms with van der Waals surface area (Å²) in [6.45, 7) is 6.25. The summed E-state index contributed by atoms with van der Waals surface area (Å²) >= 11 is 0. The Hall–Kier alpha value is -1.45. The normalized spacial score (nSPS) is 21.5. The van der Waals surface area contributed by atoms with E-state index in [1.807, 2.05) is 13.0 Å². The van der Waals surface area contributed by atoms with E-state index in [9.17, 15) is 8.42 Å². The van der Waals surface area contributed by atoms with Crippen LogP contribution in [0.1, 0.15) is 26.7 Å². The van der Waals surface area contributed by atoms with Gasteiger partial charge in [-0.05, 0) is 25.3 Å². The number of nitrogens with one attached hydrogen (secondary N) is 2. The zero-order valence-electron chi connectivity index (χ0n) is 14.9. The van der Waals surface area contributed by atoms with Crippen LogP contribution in [0, 0.1) is 5.92 Å². The molecular formula is C15H28N6O2S. The van der Waals surface area contributed by atoms with Crippen LogP contribution in [0.2, 0.25) is 0 Å². The van der Waals surface area contributed by atoms with Gasteiger partial charge in [-0.15, -0.1) is 0 Å². The summed E-state index contributed by atoms with van der Waals surface area (Å²) in [4.78, 5) is 10.9. The summed E-state index contributed by atoms with van der Waals surface area (Å²) in [5, 5.41) is 3.18. The minimum Gasteiger partial charge on any atom is -0.370 e. The third-order valence-electron chi connectivity index (χ3n) is 4.17. The highest BCUT2D eigenvalue weighted by Gasteiger charge is 2.36. The highest BCUT2D eigenvalue weighted by molar-refractivity contribution is 7.87. The van der Waals surface area contributed by atoms with E-state index in [4.69, 9.17) is 0 Å². The van der Waals surface area contributed by atoms with E-state index in [1.165, 1.54) is 18.4 Å². The van der Waals surface area contributed by atoms with E-state index >= 15 is 0 Å². The van der Waals surface area contributed by atoms with Gasteiger partial charge in [-0.2, -0.15) is 22.4 Å². The van der Waals surface area contributed by atoms with Gasteiger partial charge in [0.1, 0.15) is 5.82 Å². The Balaban J connectivity index is 2.15. The predicted molar refractivity (Wildman–Crippen MR) is 96.3 cm³/mol. The summed E-state index contributed by atoms with van der Waals surface area (Å²) in [5.74, 6) is 1.67. The van der Waals surface area contributed by atoms with E-state index in [2.05, 4.69) is 31.8 Å². The van der Waals surface area contributed by atoms with Crippen molar-refractivity contribution in [2.24, 2.45) is 5.92 Å². The van der Waals surface area contributed by atoms with Crippen molar-refractivity contribution in [2.45, 2.75) is 32.7 Å². The number of rotatable bonds is 8. The maximum Gasteiger partial charge on any atom is 0.279 e. The van der Waals surface area contributed by atoms with Gasteiger partial charge in [0.05, 0.1) is 0 Å². The first-order chi connectivity index (χ1) is 11.4. The van der Waals surface area contributed by atoms with Crippen LogP contribution in [0.15, 0.2) is 12.3 Å². The molecule has 0 spiro atoms. The summed E-state index contributed by atoms with van der Waals surface area (Å²) in [6, 6.07) is 1.70. The molecule has 0 saturated carbocycles. The van der Waals surface area contributed by atoms with Gasteiger partial charge in [0.15, 0.2) is 0 Å². The second-order valence-corrected chi connectivity index (χ2v) is 8.15. The van der Waals surface area contributed by atoms with E-state index in [0.29, 0.717) is 12.5 Å². The highest BCUT2D eigenvalue weighted by atomic mass is 32.2. The molecule has 2 N–H and O–H groups in total. The van der Waals surface area contributed by atoms with E-state index in [-0.39, 0.29) is 12.0 Å². The van der Waals surface area contributed by atoms with Crippen molar-refractivity contribution in [3.8, 4) is 0 Å². The standard InChI is InChI=1S/C15H28N6O2S/c1-5-7-12-10-21(11-13(12)19-24(22,23)20(3)4)15-17-9-8-14(18-15)16-6-2/h8-9,12-13,19H,5-7,10-11H2,1-4H3,(H,16,17,18)/t12-,13-/m1/s1. The molecule has 2 heterocycles. The average molecular weight is 356 g/mol. The van der Waals surface area contributed by atoms with Gasteiger partial charge in [0, 0.05) is 46.0 Å². The molecule has 1 fully saturated rings. The monoisotopic (exact) mass is 356 g/mol. The van der Waals surface area contributed by atoms with Crippen molar-refractivity contribution in [1.29, 1.82) is 0 Å². The van der Waals surface area contributed by atoms with Crippen molar-refractivity contribution >= 4 is 22.0 Å². The van der Waals surface area contributed by atoms with Gasteiger partial charge in [-0.25, -0.2) is 4.98 Å². The lowest BCUT2D eigenvalue weighted by Gasteiger charge is -2.21. The van der Waals surface area contributed by atoms with Crippen LogP contribution >= 0.6 is 0 Å².